The van der Waals surface area contributed by atoms with Crippen molar-refractivity contribution in [3.05, 3.63) is 66.7 Å². The molecule has 1 N–H and O–H groups in total. The number of benzene rings is 2. The summed E-state index contributed by atoms with van der Waals surface area (Å²) in [6, 6.07) is 16.0. The minimum Gasteiger partial charge on any atom is -0.441 e. The lowest BCUT2D eigenvalue weighted by Crippen LogP contribution is -2.40. The van der Waals surface area contributed by atoms with Crippen LogP contribution < -0.4 is 5.32 Å². The van der Waals surface area contributed by atoms with Crippen LogP contribution in [0.25, 0.3) is 11.3 Å². The Morgan fingerprint density at radius 1 is 1.03 bits per heavy atom. The maximum atomic E-state index is 12.7. The van der Waals surface area contributed by atoms with Gasteiger partial charge in [-0.1, -0.05) is 30.3 Å². The highest BCUT2D eigenvalue weighted by Crippen LogP contribution is 2.21. The number of nitrogens with one attached hydrogen (secondary N) is 1. The highest BCUT2D eigenvalue weighted by Gasteiger charge is 2.26. The first-order chi connectivity index (χ1) is 15.5. The molecular formula is C23H25N3O5S. The van der Waals surface area contributed by atoms with Gasteiger partial charge in [-0.2, -0.15) is 4.31 Å². The van der Waals surface area contributed by atoms with Crippen LogP contribution in [0, 0.1) is 0 Å². The number of aromatic nitrogens is 1. The minimum atomic E-state index is -3.55. The normalized spacial score (nSPS) is 14.9. The van der Waals surface area contributed by atoms with E-state index in [0.717, 1.165) is 5.56 Å². The van der Waals surface area contributed by atoms with Crippen LogP contribution in [0.1, 0.15) is 18.7 Å². The molecule has 2 heterocycles. The Kier molecular flexibility index (Phi) is 6.99. The highest BCUT2D eigenvalue weighted by atomic mass is 32.2. The van der Waals surface area contributed by atoms with E-state index < -0.39 is 10.0 Å². The number of rotatable bonds is 8. The van der Waals surface area contributed by atoms with Crippen molar-refractivity contribution in [3.63, 3.8) is 0 Å². The van der Waals surface area contributed by atoms with Gasteiger partial charge in [0.25, 0.3) is 0 Å². The van der Waals surface area contributed by atoms with Crippen LogP contribution >= 0.6 is 0 Å². The molecule has 0 spiro atoms. The van der Waals surface area contributed by atoms with Gasteiger partial charge in [0.1, 0.15) is 0 Å². The number of hydrogen-bond acceptors (Lipinski definition) is 6. The van der Waals surface area contributed by atoms with E-state index in [1.165, 1.54) is 16.4 Å². The monoisotopic (exact) mass is 455 g/mol. The smallest absolute Gasteiger partial charge is 0.243 e. The predicted octanol–water partition coefficient (Wildman–Crippen LogP) is 3.32. The molecule has 168 valence electrons. The van der Waals surface area contributed by atoms with E-state index in [0.29, 0.717) is 62.9 Å². The average molecular weight is 456 g/mol. The maximum absolute atomic E-state index is 12.7. The minimum absolute atomic E-state index is 0.149. The van der Waals surface area contributed by atoms with E-state index >= 15 is 0 Å². The number of ether oxygens (including phenoxy) is 1. The molecule has 0 atom stereocenters. The van der Waals surface area contributed by atoms with Gasteiger partial charge in [0, 0.05) is 37.2 Å². The van der Waals surface area contributed by atoms with E-state index in [1.54, 1.807) is 18.3 Å². The number of hydrogen-bond donors (Lipinski definition) is 1. The summed E-state index contributed by atoms with van der Waals surface area (Å²) in [7, 11) is -3.55. The van der Waals surface area contributed by atoms with Crippen LogP contribution in [0.3, 0.4) is 0 Å². The zero-order valence-corrected chi connectivity index (χ0v) is 18.4. The Bertz CT molecular complexity index is 1140. The molecule has 1 fully saturated rings. The van der Waals surface area contributed by atoms with Gasteiger partial charge >= 0.3 is 0 Å². The van der Waals surface area contributed by atoms with E-state index in [2.05, 4.69) is 10.3 Å². The van der Waals surface area contributed by atoms with Gasteiger partial charge in [-0.05, 0) is 30.7 Å². The molecule has 8 nitrogen and oxygen atoms in total. The fraction of sp³-hybridized carbons (Fsp3) is 0.304. The van der Waals surface area contributed by atoms with Gasteiger partial charge in [0.2, 0.25) is 15.9 Å². The van der Waals surface area contributed by atoms with E-state index in [4.69, 9.17) is 9.15 Å². The summed E-state index contributed by atoms with van der Waals surface area (Å²) in [5, 5.41) is 2.80. The summed E-state index contributed by atoms with van der Waals surface area (Å²) in [6.45, 7) is 1.49. The van der Waals surface area contributed by atoms with Crippen molar-refractivity contribution < 1.29 is 22.4 Å². The molecule has 0 aliphatic carbocycles. The Balaban J connectivity index is 1.26. The third-order valence-corrected chi connectivity index (χ3v) is 7.07. The van der Waals surface area contributed by atoms with Crippen molar-refractivity contribution in [1.29, 1.82) is 0 Å². The number of amides is 1. The molecule has 0 bridgehead atoms. The number of aryl methyl sites for hydroxylation is 1. The third-order valence-electron chi connectivity index (χ3n) is 5.15. The molecule has 1 aliphatic rings. The van der Waals surface area contributed by atoms with E-state index in [1.807, 2.05) is 30.3 Å². The number of sulfonamides is 1. The molecule has 0 saturated carbocycles. The Hall–Kier alpha value is -3.01. The van der Waals surface area contributed by atoms with E-state index in [-0.39, 0.29) is 10.8 Å². The number of oxazole rings is 1. The lowest BCUT2D eigenvalue weighted by molar-refractivity contribution is -0.116. The summed E-state index contributed by atoms with van der Waals surface area (Å²) in [5.41, 5.74) is 1.52. The van der Waals surface area contributed by atoms with Crippen LogP contribution in [0.15, 0.2) is 70.1 Å². The van der Waals surface area contributed by atoms with Crippen molar-refractivity contribution in [2.24, 2.45) is 0 Å². The molecule has 0 radical (unpaired) electrons. The first-order valence-electron chi connectivity index (χ1n) is 10.5. The fourth-order valence-corrected chi connectivity index (χ4v) is 4.84. The molecule has 2 aromatic carbocycles. The molecule has 32 heavy (non-hydrogen) atoms. The van der Waals surface area contributed by atoms with Crippen LogP contribution in [0.5, 0.6) is 0 Å². The molecule has 3 aromatic rings. The van der Waals surface area contributed by atoms with Crippen LogP contribution in [-0.2, 0) is 26.0 Å². The summed E-state index contributed by atoms with van der Waals surface area (Å²) >= 11 is 0. The fourth-order valence-electron chi connectivity index (χ4n) is 3.43. The second kappa shape index (κ2) is 10.1. The number of morpholine rings is 1. The molecule has 0 unspecified atom stereocenters. The Labute approximate surface area is 187 Å². The molecular weight excluding hydrogens is 430 g/mol. The van der Waals surface area contributed by atoms with Crippen molar-refractivity contribution in [3.8, 4) is 11.3 Å². The standard InChI is InChI=1S/C23H25N3O5S/c27-22(7-4-8-23-24-17-21(31-23)18-5-2-1-3-6-18)25-19-9-11-20(12-10-19)32(28,29)26-13-15-30-16-14-26/h1-3,5-6,9-12,17H,4,7-8,13-16H2,(H,25,27). The van der Waals surface area contributed by atoms with Crippen molar-refractivity contribution in [2.75, 3.05) is 31.6 Å². The molecule has 9 heteroatoms. The molecule has 1 amide bonds. The largest absolute Gasteiger partial charge is 0.441 e. The maximum Gasteiger partial charge on any atom is 0.243 e. The summed E-state index contributed by atoms with van der Waals surface area (Å²) < 4.78 is 37.7. The molecule has 1 aliphatic heterocycles. The van der Waals surface area contributed by atoms with Gasteiger partial charge in [-0.3, -0.25) is 4.79 Å². The lowest BCUT2D eigenvalue weighted by Gasteiger charge is -2.26. The average Bonchev–Trinajstić information content (AvgIpc) is 3.29. The third kappa shape index (κ3) is 5.42. The Morgan fingerprint density at radius 3 is 2.47 bits per heavy atom. The van der Waals surface area contributed by atoms with E-state index in [9.17, 15) is 13.2 Å². The Morgan fingerprint density at radius 2 is 1.75 bits per heavy atom. The molecule has 1 aromatic heterocycles. The second-order valence-electron chi connectivity index (χ2n) is 7.43. The topological polar surface area (TPSA) is 102 Å². The van der Waals surface area contributed by atoms with Crippen molar-refractivity contribution >= 4 is 21.6 Å². The second-order valence-corrected chi connectivity index (χ2v) is 9.36. The number of carbonyl (C=O) groups is 1. The van der Waals surface area contributed by atoms with Gasteiger partial charge in [0.15, 0.2) is 11.7 Å². The molecule has 4 rings (SSSR count). The predicted molar refractivity (Wildman–Crippen MR) is 120 cm³/mol. The highest BCUT2D eigenvalue weighted by molar-refractivity contribution is 7.89. The van der Waals surface area contributed by atoms with Crippen molar-refractivity contribution in [1.82, 2.24) is 9.29 Å². The number of nitrogens with zero attached hydrogens (tertiary/aromatic N) is 2. The first kappa shape index (κ1) is 22.2. The summed E-state index contributed by atoms with van der Waals surface area (Å²) in [6.07, 6.45) is 3.13. The zero-order valence-electron chi connectivity index (χ0n) is 17.6. The number of carbonyl (C=O) groups excluding carboxylic acids is 1. The van der Waals surface area contributed by atoms with Crippen LogP contribution in [-0.4, -0.2) is 49.9 Å². The summed E-state index contributed by atoms with van der Waals surface area (Å²) in [5.74, 6) is 1.15. The lowest BCUT2D eigenvalue weighted by atomic mass is 10.2. The van der Waals surface area contributed by atoms with Crippen LogP contribution in [0.2, 0.25) is 0 Å². The van der Waals surface area contributed by atoms with Gasteiger partial charge < -0.3 is 14.5 Å². The van der Waals surface area contributed by atoms with Gasteiger partial charge in [-0.25, -0.2) is 13.4 Å². The quantitative estimate of drug-likeness (QED) is 0.559. The van der Waals surface area contributed by atoms with Crippen molar-refractivity contribution in [2.45, 2.75) is 24.2 Å². The van der Waals surface area contributed by atoms with Crippen LogP contribution in [0.4, 0.5) is 5.69 Å². The van der Waals surface area contributed by atoms with Gasteiger partial charge in [0.05, 0.1) is 24.3 Å². The summed E-state index contributed by atoms with van der Waals surface area (Å²) in [4.78, 5) is 16.7. The first-order valence-corrected chi connectivity index (χ1v) is 11.9. The SMILES string of the molecule is O=C(CCCc1ncc(-c2ccccc2)o1)Nc1ccc(S(=O)(=O)N2CCOCC2)cc1. The molecule has 1 saturated heterocycles. The zero-order chi connectivity index (χ0) is 22.4. The number of anilines is 1. The van der Waals surface area contributed by atoms with Gasteiger partial charge in [-0.15, -0.1) is 0 Å².